The van der Waals surface area contributed by atoms with Crippen LogP contribution in [0.3, 0.4) is 0 Å². The molecule has 1 N–H and O–H groups in total. The summed E-state index contributed by atoms with van der Waals surface area (Å²) < 4.78 is 25.8. The van der Waals surface area contributed by atoms with E-state index in [2.05, 4.69) is 5.10 Å². The summed E-state index contributed by atoms with van der Waals surface area (Å²) in [6.07, 6.45) is 1.26. The molecule has 1 aromatic heterocycles. The van der Waals surface area contributed by atoms with Crippen molar-refractivity contribution in [2.24, 2.45) is 7.05 Å². The van der Waals surface area contributed by atoms with Gasteiger partial charge >= 0.3 is 5.97 Å². The van der Waals surface area contributed by atoms with Gasteiger partial charge in [-0.15, -0.1) is 0 Å². The van der Waals surface area contributed by atoms with Gasteiger partial charge in [0.25, 0.3) is 5.76 Å². The lowest BCUT2D eigenvalue weighted by Gasteiger charge is -2.05. The molecule has 7 heteroatoms. The molecular formula is C12H10F2N2O2S. The highest BCUT2D eigenvalue weighted by Crippen LogP contribution is 2.29. The van der Waals surface area contributed by atoms with E-state index in [0.29, 0.717) is 27.9 Å². The van der Waals surface area contributed by atoms with Crippen molar-refractivity contribution in [3.8, 4) is 11.3 Å². The SMILES string of the molecule is Cn1ncc(C(=O)O)c1-c1ccc(SC(F)F)cc1. The van der Waals surface area contributed by atoms with Crippen molar-refractivity contribution in [3.05, 3.63) is 36.0 Å². The summed E-state index contributed by atoms with van der Waals surface area (Å²) in [6.45, 7) is 0. The Morgan fingerprint density at radius 2 is 2.00 bits per heavy atom. The molecule has 1 heterocycles. The molecule has 2 aromatic rings. The van der Waals surface area contributed by atoms with E-state index in [9.17, 15) is 13.6 Å². The van der Waals surface area contributed by atoms with Gasteiger partial charge in [0.1, 0.15) is 5.56 Å². The molecule has 0 spiro atoms. The van der Waals surface area contributed by atoms with Gasteiger partial charge in [0.15, 0.2) is 0 Å². The van der Waals surface area contributed by atoms with Gasteiger partial charge in [-0.05, 0) is 12.1 Å². The molecule has 0 fully saturated rings. The number of nitrogens with zero attached hydrogens (tertiary/aromatic N) is 2. The van der Waals surface area contributed by atoms with E-state index < -0.39 is 11.7 Å². The highest BCUT2D eigenvalue weighted by molar-refractivity contribution is 7.99. The van der Waals surface area contributed by atoms with Gasteiger partial charge in [0, 0.05) is 17.5 Å². The average Bonchev–Trinajstić information content (AvgIpc) is 2.71. The maximum absolute atomic E-state index is 12.2. The Labute approximate surface area is 112 Å². The van der Waals surface area contributed by atoms with Crippen LogP contribution < -0.4 is 0 Å². The third-order valence-electron chi connectivity index (χ3n) is 2.52. The normalized spacial score (nSPS) is 10.9. The fourth-order valence-corrected chi connectivity index (χ4v) is 2.23. The lowest BCUT2D eigenvalue weighted by molar-refractivity contribution is 0.0697. The fourth-order valence-electron chi connectivity index (χ4n) is 1.73. The molecule has 0 radical (unpaired) electrons. The lowest BCUT2D eigenvalue weighted by atomic mass is 10.1. The summed E-state index contributed by atoms with van der Waals surface area (Å²) in [6, 6.07) is 6.28. The number of hydrogen-bond acceptors (Lipinski definition) is 3. The van der Waals surface area contributed by atoms with E-state index >= 15 is 0 Å². The van der Waals surface area contributed by atoms with Crippen LogP contribution in [-0.4, -0.2) is 26.6 Å². The molecule has 0 bridgehead atoms. The summed E-state index contributed by atoms with van der Waals surface area (Å²) >= 11 is 0.447. The summed E-state index contributed by atoms with van der Waals surface area (Å²) in [5.41, 5.74) is 1.15. The Kier molecular flexibility index (Phi) is 3.84. The summed E-state index contributed by atoms with van der Waals surface area (Å²) in [5.74, 6) is -3.55. The molecule has 4 nitrogen and oxygen atoms in total. The molecule has 1 aromatic carbocycles. The number of halogens is 2. The first-order valence-corrected chi connectivity index (χ1v) is 6.17. The predicted octanol–water partition coefficient (Wildman–Crippen LogP) is 3.10. The second-order valence-corrected chi connectivity index (χ2v) is 4.80. The Bertz CT molecular complexity index is 596. The minimum absolute atomic E-state index is 0.0803. The summed E-state index contributed by atoms with van der Waals surface area (Å²) in [4.78, 5) is 11.5. The Morgan fingerprint density at radius 1 is 1.37 bits per heavy atom. The van der Waals surface area contributed by atoms with Crippen molar-refractivity contribution in [2.75, 3.05) is 0 Å². The standard InChI is InChI=1S/C12H10F2N2O2S/c1-16-10(9(6-15-16)11(17)18)7-2-4-8(5-3-7)19-12(13)14/h2-6,12H,1H3,(H,17,18). The molecule has 0 aliphatic carbocycles. The molecule has 0 aliphatic rings. The number of thioether (sulfide) groups is 1. The van der Waals surface area contributed by atoms with Crippen LogP contribution in [0.5, 0.6) is 0 Å². The molecule has 0 aliphatic heterocycles. The molecule has 0 saturated carbocycles. The van der Waals surface area contributed by atoms with Crippen molar-refractivity contribution in [2.45, 2.75) is 10.7 Å². The van der Waals surface area contributed by atoms with Crippen LogP contribution in [0, 0.1) is 0 Å². The van der Waals surface area contributed by atoms with E-state index in [1.165, 1.54) is 23.0 Å². The number of carbonyl (C=O) groups is 1. The number of rotatable bonds is 4. The molecule has 0 atom stereocenters. The summed E-state index contributed by atoms with van der Waals surface area (Å²) in [5, 5.41) is 13.0. The van der Waals surface area contributed by atoms with Gasteiger partial charge < -0.3 is 5.11 Å². The molecule has 0 unspecified atom stereocenters. The predicted molar refractivity (Wildman–Crippen MR) is 67.5 cm³/mol. The van der Waals surface area contributed by atoms with Crippen molar-refractivity contribution < 1.29 is 18.7 Å². The highest BCUT2D eigenvalue weighted by Gasteiger charge is 2.16. The summed E-state index contributed by atoms with van der Waals surface area (Å²) in [7, 11) is 1.63. The number of hydrogen-bond donors (Lipinski definition) is 1. The Hall–Kier alpha value is -1.89. The number of aromatic carboxylic acids is 1. The molecular weight excluding hydrogens is 274 g/mol. The van der Waals surface area contributed by atoms with E-state index in [1.54, 1.807) is 19.2 Å². The largest absolute Gasteiger partial charge is 0.478 e. The highest BCUT2D eigenvalue weighted by atomic mass is 32.2. The topological polar surface area (TPSA) is 55.1 Å². The van der Waals surface area contributed by atoms with Crippen LogP contribution in [0.2, 0.25) is 0 Å². The maximum Gasteiger partial charge on any atom is 0.339 e. The van der Waals surface area contributed by atoms with Gasteiger partial charge in [-0.1, -0.05) is 23.9 Å². The maximum atomic E-state index is 12.2. The third-order valence-corrected chi connectivity index (χ3v) is 3.24. The van der Waals surface area contributed by atoms with Gasteiger partial charge in [0.05, 0.1) is 11.9 Å². The number of carboxylic acids is 1. The number of alkyl halides is 2. The molecule has 19 heavy (non-hydrogen) atoms. The zero-order valence-electron chi connectivity index (χ0n) is 9.88. The van der Waals surface area contributed by atoms with Crippen LogP contribution in [0.15, 0.2) is 35.4 Å². The number of carboxylic acid groups (broad SMARTS) is 1. The van der Waals surface area contributed by atoms with Crippen molar-refractivity contribution in [3.63, 3.8) is 0 Å². The average molecular weight is 284 g/mol. The van der Waals surface area contributed by atoms with Gasteiger partial charge in [0.2, 0.25) is 0 Å². The third kappa shape index (κ3) is 2.93. The van der Waals surface area contributed by atoms with Gasteiger partial charge in [-0.2, -0.15) is 13.9 Å². The van der Waals surface area contributed by atoms with Gasteiger partial charge in [-0.3, -0.25) is 4.68 Å². The molecule has 2 rings (SSSR count). The number of benzene rings is 1. The molecule has 0 amide bonds. The van der Waals surface area contributed by atoms with Crippen LogP contribution >= 0.6 is 11.8 Å². The first-order chi connectivity index (χ1) is 8.99. The van der Waals surface area contributed by atoms with Crippen molar-refractivity contribution >= 4 is 17.7 Å². The van der Waals surface area contributed by atoms with E-state index in [1.807, 2.05) is 0 Å². The monoisotopic (exact) mass is 284 g/mol. The first-order valence-electron chi connectivity index (χ1n) is 5.29. The molecule has 0 saturated heterocycles. The minimum atomic E-state index is -2.47. The van der Waals surface area contributed by atoms with Gasteiger partial charge in [-0.25, -0.2) is 4.79 Å². The Balaban J connectivity index is 2.37. The van der Waals surface area contributed by atoms with Crippen LogP contribution in [0.1, 0.15) is 10.4 Å². The van der Waals surface area contributed by atoms with E-state index in [0.717, 1.165) is 0 Å². The second-order valence-electron chi connectivity index (χ2n) is 3.74. The first kappa shape index (κ1) is 13.5. The van der Waals surface area contributed by atoms with Crippen LogP contribution in [-0.2, 0) is 7.05 Å². The van der Waals surface area contributed by atoms with Crippen LogP contribution in [0.25, 0.3) is 11.3 Å². The zero-order valence-corrected chi connectivity index (χ0v) is 10.7. The number of aromatic nitrogens is 2. The lowest BCUT2D eigenvalue weighted by Crippen LogP contribution is -2.00. The smallest absolute Gasteiger partial charge is 0.339 e. The quantitative estimate of drug-likeness (QED) is 0.876. The Morgan fingerprint density at radius 3 is 2.53 bits per heavy atom. The van der Waals surface area contributed by atoms with E-state index in [4.69, 9.17) is 5.11 Å². The van der Waals surface area contributed by atoms with Crippen molar-refractivity contribution in [1.82, 2.24) is 9.78 Å². The van der Waals surface area contributed by atoms with Crippen LogP contribution in [0.4, 0.5) is 8.78 Å². The zero-order chi connectivity index (χ0) is 14.0. The fraction of sp³-hybridized carbons (Fsp3) is 0.167. The minimum Gasteiger partial charge on any atom is -0.478 e. The van der Waals surface area contributed by atoms with E-state index in [-0.39, 0.29) is 5.56 Å². The second kappa shape index (κ2) is 5.40. The molecule has 100 valence electrons. The van der Waals surface area contributed by atoms with Crippen molar-refractivity contribution in [1.29, 1.82) is 0 Å². The number of aryl methyl sites for hydroxylation is 1.